The van der Waals surface area contributed by atoms with Gasteiger partial charge in [-0.25, -0.2) is 0 Å². The van der Waals surface area contributed by atoms with E-state index >= 15 is 0 Å². The van der Waals surface area contributed by atoms with Gasteiger partial charge in [-0.1, -0.05) is 38.1 Å². The molecule has 0 spiro atoms. The van der Waals surface area contributed by atoms with Gasteiger partial charge < -0.3 is 5.11 Å². The van der Waals surface area contributed by atoms with E-state index in [4.69, 9.17) is 0 Å². The molecule has 18 heavy (non-hydrogen) atoms. The highest BCUT2D eigenvalue weighted by atomic mass is 16.3. The Morgan fingerprint density at radius 2 is 2.00 bits per heavy atom. The van der Waals surface area contributed by atoms with Crippen LogP contribution in [0.3, 0.4) is 0 Å². The van der Waals surface area contributed by atoms with Gasteiger partial charge in [0.05, 0.1) is 6.10 Å². The van der Waals surface area contributed by atoms with Crippen molar-refractivity contribution in [2.24, 2.45) is 5.92 Å². The third-order valence-electron chi connectivity index (χ3n) is 4.22. The lowest BCUT2D eigenvalue weighted by Crippen LogP contribution is -2.35. The highest BCUT2D eigenvalue weighted by Gasteiger charge is 2.28. The molecule has 2 rings (SSSR count). The predicted molar refractivity (Wildman–Crippen MR) is 75.6 cm³/mol. The summed E-state index contributed by atoms with van der Waals surface area (Å²) in [5.74, 6) is 0.766. The lowest BCUT2D eigenvalue weighted by Gasteiger charge is -2.29. The van der Waals surface area contributed by atoms with Crippen molar-refractivity contribution in [1.29, 1.82) is 0 Å². The second-order valence-electron chi connectivity index (χ2n) is 5.67. The van der Waals surface area contributed by atoms with Crippen molar-refractivity contribution in [2.45, 2.75) is 45.8 Å². The number of hydrogen-bond donors (Lipinski definition) is 1. The van der Waals surface area contributed by atoms with Gasteiger partial charge in [0.25, 0.3) is 0 Å². The molecule has 0 aliphatic carbocycles. The number of aryl methyl sites for hydroxylation is 1. The summed E-state index contributed by atoms with van der Waals surface area (Å²) in [5, 5.41) is 10.5. The number of aliphatic hydroxyl groups is 1. The number of hydrogen-bond acceptors (Lipinski definition) is 2. The monoisotopic (exact) mass is 247 g/mol. The first-order chi connectivity index (χ1) is 8.61. The molecule has 0 saturated carbocycles. The normalized spacial score (nSPS) is 24.1. The van der Waals surface area contributed by atoms with Crippen molar-refractivity contribution < 1.29 is 5.11 Å². The Labute approximate surface area is 111 Å². The second kappa shape index (κ2) is 5.85. The lowest BCUT2D eigenvalue weighted by molar-refractivity contribution is 0.0698. The summed E-state index contributed by atoms with van der Waals surface area (Å²) in [6.07, 6.45) is 1.93. The van der Waals surface area contributed by atoms with Crippen LogP contribution in [-0.2, 0) is 6.42 Å². The fourth-order valence-electron chi connectivity index (χ4n) is 2.77. The average molecular weight is 247 g/mol. The maximum Gasteiger partial charge on any atom is 0.0942 e. The molecule has 3 atom stereocenters. The molecule has 1 saturated heterocycles. The molecule has 0 radical (unpaired) electrons. The molecule has 1 fully saturated rings. The van der Waals surface area contributed by atoms with Crippen molar-refractivity contribution in [3.05, 3.63) is 35.4 Å². The Morgan fingerprint density at radius 1 is 1.33 bits per heavy atom. The van der Waals surface area contributed by atoms with Crippen molar-refractivity contribution in [3.63, 3.8) is 0 Å². The Kier molecular flexibility index (Phi) is 4.41. The zero-order valence-electron chi connectivity index (χ0n) is 11.8. The third kappa shape index (κ3) is 2.93. The van der Waals surface area contributed by atoms with Gasteiger partial charge >= 0.3 is 0 Å². The molecule has 1 aliphatic heterocycles. The lowest BCUT2D eigenvalue weighted by atomic mass is 10.0. The molecule has 2 heteroatoms. The summed E-state index contributed by atoms with van der Waals surface area (Å²) in [6, 6.07) is 8.59. The van der Waals surface area contributed by atoms with E-state index in [1.165, 1.54) is 12.0 Å². The molecule has 0 aromatic heterocycles. The largest absolute Gasteiger partial charge is 0.387 e. The maximum atomic E-state index is 10.5. The molecule has 2 nitrogen and oxygen atoms in total. The summed E-state index contributed by atoms with van der Waals surface area (Å²) in [4.78, 5) is 2.41. The fraction of sp³-hybridized carbons (Fsp3) is 0.625. The minimum Gasteiger partial charge on any atom is -0.387 e. The van der Waals surface area contributed by atoms with Gasteiger partial charge in [0.2, 0.25) is 0 Å². The molecular weight excluding hydrogens is 222 g/mol. The maximum absolute atomic E-state index is 10.5. The minimum absolute atomic E-state index is 0.211. The highest BCUT2D eigenvalue weighted by Crippen LogP contribution is 2.26. The molecule has 100 valence electrons. The second-order valence-corrected chi connectivity index (χ2v) is 5.67. The van der Waals surface area contributed by atoms with Crippen LogP contribution in [-0.4, -0.2) is 29.1 Å². The Morgan fingerprint density at radius 3 is 2.50 bits per heavy atom. The quantitative estimate of drug-likeness (QED) is 0.884. The molecule has 1 aromatic rings. The third-order valence-corrected chi connectivity index (χ3v) is 4.22. The van der Waals surface area contributed by atoms with Crippen molar-refractivity contribution in [3.8, 4) is 0 Å². The van der Waals surface area contributed by atoms with E-state index in [2.05, 4.69) is 49.9 Å². The predicted octanol–water partition coefficient (Wildman–Crippen LogP) is 3.01. The summed E-state index contributed by atoms with van der Waals surface area (Å²) in [5.41, 5.74) is 2.37. The Bertz CT molecular complexity index is 373. The van der Waals surface area contributed by atoms with Gasteiger partial charge in [0.1, 0.15) is 0 Å². The molecular formula is C16H25NO. The molecule has 1 aromatic carbocycles. The minimum atomic E-state index is -0.374. The van der Waals surface area contributed by atoms with Gasteiger partial charge in [0.15, 0.2) is 0 Å². The first-order valence-corrected chi connectivity index (χ1v) is 7.12. The van der Waals surface area contributed by atoms with E-state index in [0.29, 0.717) is 0 Å². The average Bonchev–Trinajstić information content (AvgIpc) is 2.84. The SMILES string of the molecule is CCc1ccc(C(O)C(C)N2CCC(C)C2)cc1. The van der Waals surface area contributed by atoms with Crippen molar-refractivity contribution in [2.75, 3.05) is 13.1 Å². The van der Waals surface area contributed by atoms with Crippen LogP contribution >= 0.6 is 0 Å². The number of likely N-dealkylation sites (tertiary alicyclic amines) is 1. The van der Waals surface area contributed by atoms with Gasteiger partial charge in [-0.2, -0.15) is 0 Å². The first kappa shape index (κ1) is 13.6. The van der Waals surface area contributed by atoms with Crippen LogP contribution in [0.5, 0.6) is 0 Å². The van der Waals surface area contributed by atoms with Crippen LogP contribution < -0.4 is 0 Å². The van der Waals surface area contributed by atoms with E-state index in [9.17, 15) is 5.11 Å². The smallest absolute Gasteiger partial charge is 0.0942 e. The molecule has 0 amide bonds. The molecule has 3 unspecified atom stereocenters. The highest BCUT2D eigenvalue weighted by molar-refractivity contribution is 5.25. The first-order valence-electron chi connectivity index (χ1n) is 7.12. The zero-order valence-corrected chi connectivity index (χ0v) is 11.8. The van der Waals surface area contributed by atoms with Crippen LogP contribution in [0, 0.1) is 5.92 Å². The summed E-state index contributed by atoms with van der Waals surface area (Å²) in [6.45, 7) is 8.81. The molecule has 1 heterocycles. The van der Waals surface area contributed by atoms with Crippen LogP contribution in [0.2, 0.25) is 0 Å². The van der Waals surface area contributed by atoms with Gasteiger partial charge in [0, 0.05) is 12.6 Å². The number of aliphatic hydroxyl groups excluding tert-OH is 1. The topological polar surface area (TPSA) is 23.5 Å². The van der Waals surface area contributed by atoms with E-state index in [1.54, 1.807) is 0 Å². The summed E-state index contributed by atoms with van der Waals surface area (Å²) >= 11 is 0. The van der Waals surface area contributed by atoms with Gasteiger partial charge in [-0.05, 0) is 43.4 Å². The van der Waals surface area contributed by atoms with Gasteiger partial charge in [-0.3, -0.25) is 4.90 Å². The van der Waals surface area contributed by atoms with Crippen LogP contribution in [0.4, 0.5) is 0 Å². The van der Waals surface area contributed by atoms with Crippen molar-refractivity contribution >= 4 is 0 Å². The molecule has 1 aliphatic rings. The van der Waals surface area contributed by atoms with Crippen LogP contribution in [0.15, 0.2) is 24.3 Å². The Balaban J connectivity index is 2.02. The fourth-order valence-corrected chi connectivity index (χ4v) is 2.77. The zero-order chi connectivity index (χ0) is 13.1. The van der Waals surface area contributed by atoms with Crippen LogP contribution in [0.25, 0.3) is 0 Å². The van der Waals surface area contributed by atoms with Gasteiger partial charge in [-0.15, -0.1) is 0 Å². The van der Waals surface area contributed by atoms with E-state index in [-0.39, 0.29) is 12.1 Å². The number of nitrogens with zero attached hydrogens (tertiary/aromatic N) is 1. The number of benzene rings is 1. The Hall–Kier alpha value is -0.860. The number of rotatable bonds is 4. The summed E-state index contributed by atoms with van der Waals surface area (Å²) < 4.78 is 0. The van der Waals surface area contributed by atoms with Crippen molar-refractivity contribution in [1.82, 2.24) is 4.90 Å². The standard InChI is InChI=1S/C16H25NO/c1-4-14-5-7-15(8-6-14)16(18)13(3)17-10-9-12(2)11-17/h5-8,12-13,16,18H,4,9-11H2,1-3H3. The molecule has 0 bridgehead atoms. The van der Waals surface area contributed by atoms with E-state index in [0.717, 1.165) is 31.0 Å². The van der Waals surface area contributed by atoms with E-state index < -0.39 is 0 Å². The van der Waals surface area contributed by atoms with Crippen LogP contribution in [0.1, 0.15) is 44.4 Å². The molecule has 1 N–H and O–H groups in total. The van der Waals surface area contributed by atoms with E-state index in [1.807, 2.05) is 0 Å². The summed E-state index contributed by atoms with van der Waals surface area (Å²) in [7, 11) is 0.